The number of nitrogens with zero attached hydrogens (tertiary/aromatic N) is 3. The number of unbranched alkanes of at least 4 members (excludes halogenated alkanes) is 4. The molecule has 3 rings (SSSR count). The Kier molecular flexibility index (Phi) is 9.65. The summed E-state index contributed by atoms with van der Waals surface area (Å²) in [5.41, 5.74) is 1.79. The monoisotopic (exact) mass is 475 g/mol. The van der Waals surface area contributed by atoms with Crippen molar-refractivity contribution < 1.29 is 14.0 Å². The third-order valence-corrected chi connectivity index (χ3v) is 9.71. The van der Waals surface area contributed by atoms with E-state index in [-0.39, 0.29) is 36.2 Å². The number of halogens is 1. The average Bonchev–Trinajstić information content (AvgIpc) is 3.37. The highest BCUT2D eigenvalue weighted by Gasteiger charge is 2.50. The van der Waals surface area contributed by atoms with Crippen molar-refractivity contribution in [2.75, 3.05) is 6.61 Å². The molecule has 0 saturated carbocycles. The summed E-state index contributed by atoms with van der Waals surface area (Å²) in [6, 6.07) is 9.87. The molecular weight excluding hydrogens is 433 g/mol. The van der Waals surface area contributed by atoms with Crippen LogP contribution < -0.4 is 0 Å². The summed E-state index contributed by atoms with van der Waals surface area (Å²) < 4.78 is 23.6. The molecule has 0 amide bonds. The van der Waals surface area contributed by atoms with Crippen molar-refractivity contribution in [3.05, 3.63) is 47.8 Å². The molecule has 1 aromatic carbocycles. The molecule has 1 saturated heterocycles. The molecule has 2 aromatic rings. The van der Waals surface area contributed by atoms with Crippen molar-refractivity contribution in [2.24, 2.45) is 5.92 Å². The molecule has 0 spiro atoms. The lowest BCUT2D eigenvalue weighted by atomic mass is 9.95. The topological polar surface area (TPSA) is 60.2 Å². The first-order valence-corrected chi connectivity index (χ1v) is 15.7. The SMILES string of the molecule is CCCCCCC[C@@H]1O[C@H](CCn2cc(C(CO)c3ccccc3)nn2)[C@@H]([Si](C)(C)F)[C@@H]1C. The van der Waals surface area contributed by atoms with Gasteiger partial charge >= 0.3 is 0 Å². The summed E-state index contributed by atoms with van der Waals surface area (Å²) in [6.07, 6.45) is 9.98. The van der Waals surface area contributed by atoms with Gasteiger partial charge in [-0.3, -0.25) is 4.68 Å². The highest BCUT2D eigenvalue weighted by Crippen LogP contribution is 2.47. The van der Waals surface area contributed by atoms with Crippen molar-refractivity contribution in [1.82, 2.24) is 15.0 Å². The maximum atomic E-state index is 15.3. The van der Waals surface area contributed by atoms with E-state index in [1.165, 1.54) is 25.7 Å². The maximum absolute atomic E-state index is 15.3. The molecule has 0 aliphatic carbocycles. The molecule has 2 heterocycles. The Labute approximate surface area is 199 Å². The fourth-order valence-corrected chi connectivity index (χ4v) is 8.09. The first-order valence-electron chi connectivity index (χ1n) is 12.7. The highest BCUT2D eigenvalue weighted by molar-refractivity contribution is 6.72. The minimum atomic E-state index is -2.86. The molecule has 33 heavy (non-hydrogen) atoms. The predicted molar refractivity (Wildman–Crippen MR) is 134 cm³/mol. The summed E-state index contributed by atoms with van der Waals surface area (Å²) in [7, 11) is -2.86. The number of ether oxygens (including phenoxy) is 1. The number of hydrogen-bond donors (Lipinski definition) is 1. The zero-order valence-electron chi connectivity index (χ0n) is 20.8. The number of aliphatic hydroxyl groups excluding tert-OH is 1. The molecule has 1 fully saturated rings. The summed E-state index contributed by atoms with van der Waals surface area (Å²) in [5, 5.41) is 18.5. The summed E-state index contributed by atoms with van der Waals surface area (Å²) >= 11 is 0. The second-order valence-corrected chi connectivity index (χ2v) is 14.0. The smallest absolute Gasteiger partial charge is 0.246 e. The Morgan fingerprint density at radius 3 is 2.48 bits per heavy atom. The Bertz CT molecular complexity index is 826. The first-order chi connectivity index (χ1) is 15.8. The van der Waals surface area contributed by atoms with Crippen LogP contribution in [0.15, 0.2) is 36.5 Å². The van der Waals surface area contributed by atoms with Gasteiger partial charge in [-0.2, -0.15) is 0 Å². The van der Waals surface area contributed by atoms with Gasteiger partial charge in [0, 0.05) is 18.3 Å². The van der Waals surface area contributed by atoms with Crippen LogP contribution in [0.4, 0.5) is 4.11 Å². The van der Waals surface area contributed by atoms with Crippen molar-refractivity contribution in [3.8, 4) is 0 Å². The van der Waals surface area contributed by atoms with Gasteiger partial charge in [0.1, 0.15) is 0 Å². The Balaban J connectivity index is 1.60. The summed E-state index contributed by atoms with van der Waals surface area (Å²) in [4.78, 5) is 0. The number of rotatable bonds is 13. The Morgan fingerprint density at radius 2 is 1.82 bits per heavy atom. The Hall–Kier alpha value is -1.57. The summed E-state index contributed by atoms with van der Waals surface area (Å²) in [5.74, 6) is 0.0701. The van der Waals surface area contributed by atoms with Crippen molar-refractivity contribution in [1.29, 1.82) is 0 Å². The van der Waals surface area contributed by atoms with Gasteiger partial charge in [0.25, 0.3) is 0 Å². The lowest BCUT2D eigenvalue weighted by molar-refractivity contribution is 0.0231. The van der Waals surface area contributed by atoms with E-state index in [0.717, 1.165) is 30.5 Å². The van der Waals surface area contributed by atoms with Gasteiger partial charge in [0.2, 0.25) is 8.41 Å². The number of hydrogen-bond acceptors (Lipinski definition) is 4. The third kappa shape index (κ3) is 6.96. The third-order valence-electron chi connectivity index (χ3n) is 7.23. The molecule has 5 atom stereocenters. The quantitative estimate of drug-likeness (QED) is 0.216. The normalized spacial score (nSPS) is 24.3. The number of aryl methyl sites for hydroxylation is 1. The van der Waals surface area contributed by atoms with Gasteiger partial charge in [-0.05, 0) is 37.4 Å². The molecule has 7 heteroatoms. The van der Waals surface area contributed by atoms with Crippen LogP contribution in [0.1, 0.15) is 76.0 Å². The second kappa shape index (κ2) is 12.2. The van der Waals surface area contributed by atoms with Crippen LogP contribution in [-0.2, 0) is 11.3 Å². The molecule has 1 aliphatic rings. The highest BCUT2D eigenvalue weighted by atomic mass is 28.4. The minimum absolute atomic E-state index is 0.00985. The predicted octanol–water partition coefficient (Wildman–Crippen LogP) is 6.10. The molecular formula is C26H42FN3O2Si. The van der Waals surface area contributed by atoms with E-state index < -0.39 is 8.41 Å². The number of benzene rings is 1. The zero-order chi connectivity index (χ0) is 23.8. The van der Waals surface area contributed by atoms with E-state index in [4.69, 9.17) is 4.74 Å². The van der Waals surface area contributed by atoms with Crippen molar-refractivity contribution in [2.45, 2.75) is 102 Å². The van der Waals surface area contributed by atoms with E-state index in [1.807, 2.05) is 54.3 Å². The van der Waals surface area contributed by atoms with Gasteiger partial charge < -0.3 is 14.0 Å². The lowest BCUT2D eigenvalue weighted by Crippen LogP contribution is -2.36. The van der Waals surface area contributed by atoms with Gasteiger partial charge in [-0.25, -0.2) is 0 Å². The molecule has 0 bridgehead atoms. The van der Waals surface area contributed by atoms with Crippen LogP contribution in [0, 0.1) is 5.92 Å². The standard InChI is InChI=1S/C26H42FN3O2Si/c1-5-6-7-8-12-15-24-20(2)26(33(3,4)27)25(32-24)16-17-30-18-23(28-29-30)22(19-31)21-13-10-9-11-14-21/h9-11,13-14,18,20,22,24-26,31H,5-8,12,15-17,19H2,1-4H3/t20-,22?,24+,25-,26+/m1/s1. The molecule has 184 valence electrons. The van der Waals surface area contributed by atoms with E-state index in [0.29, 0.717) is 6.54 Å². The number of aromatic nitrogens is 3. The van der Waals surface area contributed by atoms with E-state index >= 15 is 4.11 Å². The van der Waals surface area contributed by atoms with E-state index in [9.17, 15) is 5.11 Å². The van der Waals surface area contributed by atoms with Crippen molar-refractivity contribution in [3.63, 3.8) is 0 Å². The van der Waals surface area contributed by atoms with Gasteiger partial charge in [-0.15, -0.1) is 5.10 Å². The number of aliphatic hydroxyl groups is 1. The van der Waals surface area contributed by atoms with Crippen LogP contribution >= 0.6 is 0 Å². The molecule has 1 N–H and O–H groups in total. The first kappa shape index (κ1) is 26.0. The average molecular weight is 476 g/mol. The van der Waals surface area contributed by atoms with E-state index in [2.05, 4.69) is 24.2 Å². The van der Waals surface area contributed by atoms with Crippen molar-refractivity contribution >= 4 is 8.41 Å². The van der Waals surface area contributed by atoms with Crippen LogP contribution in [0.3, 0.4) is 0 Å². The summed E-state index contributed by atoms with van der Waals surface area (Å²) in [6.45, 7) is 8.70. The largest absolute Gasteiger partial charge is 0.395 e. The molecule has 1 aliphatic heterocycles. The Morgan fingerprint density at radius 1 is 1.09 bits per heavy atom. The second-order valence-electron chi connectivity index (χ2n) is 10.2. The lowest BCUT2D eigenvalue weighted by Gasteiger charge is -2.28. The zero-order valence-corrected chi connectivity index (χ0v) is 21.8. The van der Waals surface area contributed by atoms with Gasteiger partial charge in [-0.1, -0.05) is 81.5 Å². The van der Waals surface area contributed by atoms with Crippen LogP contribution in [0.2, 0.25) is 18.6 Å². The fraction of sp³-hybridized carbons (Fsp3) is 0.692. The maximum Gasteiger partial charge on any atom is 0.246 e. The van der Waals surface area contributed by atoms with Gasteiger partial charge in [0.05, 0.1) is 30.4 Å². The van der Waals surface area contributed by atoms with Crippen LogP contribution in [0.25, 0.3) is 0 Å². The van der Waals surface area contributed by atoms with E-state index in [1.54, 1.807) is 0 Å². The molecule has 5 nitrogen and oxygen atoms in total. The van der Waals surface area contributed by atoms with Crippen LogP contribution in [-0.4, -0.2) is 47.3 Å². The van der Waals surface area contributed by atoms with Gasteiger partial charge in [0.15, 0.2) is 0 Å². The fourth-order valence-electron chi connectivity index (χ4n) is 5.49. The molecule has 1 aromatic heterocycles. The van der Waals surface area contributed by atoms with Crippen LogP contribution in [0.5, 0.6) is 0 Å². The minimum Gasteiger partial charge on any atom is -0.395 e. The molecule has 1 unspecified atom stereocenters. The molecule has 0 radical (unpaired) electrons.